The molecule has 1 unspecified atom stereocenters. The lowest BCUT2D eigenvalue weighted by Crippen LogP contribution is -2.56. The number of nitrogens with zero attached hydrogens (tertiary/aromatic N) is 4. The van der Waals surface area contributed by atoms with Crippen molar-refractivity contribution in [1.29, 1.82) is 0 Å². The maximum atomic E-state index is 12.3. The van der Waals surface area contributed by atoms with E-state index in [1.54, 1.807) is 13.2 Å². The van der Waals surface area contributed by atoms with E-state index in [0.29, 0.717) is 13.0 Å². The predicted molar refractivity (Wildman–Crippen MR) is 98.2 cm³/mol. The Balaban J connectivity index is 1.29. The van der Waals surface area contributed by atoms with Crippen LogP contribution >= 0.6 is 0 Å². The Kier molecular flexibility index (Phi) is 5.09. The maximum absolute atomic E-state index is 12.3. The topological polar surface area (TPSA) is 78.0 Å². The van der Waals surface area contributed by atoms with Crippen LogP contribution < -0.4 is 5.48 Å². The summed E-state index contributed by atoms with van der Waals surface area (Å²) in [6.45, 7) is 3.17. The molecule has 2 fully saturated rings. The lowest BCUT2D eigenvalue weighted by Gasteiger charge is -2.41. The molecule has 144 valence electrons. The molecule has 3 aliphatic heterocycles. The Morgan fingerprint density at radius 3 is 2.78 bits per heavy atom. The third-order valence-corrected chi connectivity index (χ3v) is 5.51. The van der Waals surface area contributed by atoms with E-state index in [-0.39, 0.29) is 24.1 Å². The second kappa shape index (κ2) is 7.66. The highest BCUT2D eigenvalue weighted by Crippen LogP contribution is 2.25. The molecule has 8 nitrogen and oxygen atoms in total. The Morgan fingerprint density at radius 1 is 1.22 bits per heavy atom. The number of carbonyl (C=O) groups excluding carboxylic acids is 2. The molecule has 1 aromatic rings. The number of rotatable bonds is 4. The maximum Gasteiger partial charge on any atom is 0.326 e. The molecule has 0 aliphatic carbocycles. The third kappa shape index (κ3) is 3.81. The minimum atomic E-state index is -0.156. The summed E-state index contributed by atoms with van der Waals surface area (Å²) in [5.74, 6) is -0.0876. The molecule has 0 radical (unpaired) electrons. The number of hydroxylamine groups is 1. The summed E-state index contributed by atoms with van der Waals surface area (Å²) >= 11 is 0. The average molecular weight is 371 g/mol. The van der Waals surface area contributed by atoms with Crippen molar-refractivity contribution in [3.63, 3.8) is 0 Å². The Morgan fingerprint density at radius 2 is 2.04 bits per heavy atom. The van der Waals surface area contributed by atoms with Crippen LogP contribution in [0.2, 0.25) is 0 Å². The number of aromatic nitrogens is 1. The fourth-order valence-corrected chi connectivity index (χ4v) is 3.91. The van der Waals surface area contributed by atoms with Crippen LogP contribution in [0.15, 0.2) is 36.2 Å². The van der Waals surface area contributed by atoms with Crippen molar-refractivity contribution in [3.05, 3.63) is 41.9 Å². The van der Waals surface area contributed by atoms with E-state index < -0.39 is 0 Å². The van der Waals surface area contributed by atoms with Gasteiger partial charge in [0.25, 0.3) is 0 Å². The van der Waals surface area contributed by atoms with Gasteiger partial charge in [-0.2, -0.15) is 0 Å². The molecule has 27 heavy (non-hydrogen) atoms. The van der Waals surface area contributed by atoms with E-state index in [4.69, 9.17) is 4.84 Å². The first-order chi connectivity index (χ1) is 13.1. The number of hydrogen-bond acceptors (Lipinski definition) is 6. The number of urea groups is 1. The quantitative estimate of drug-likeness (QED) is 0.859. The summed E-state index contributed by atoms with van der Waals surface area (Å²) in [7, 11) is 1.57. The van der Waals surface area contributed by atoms with E-state index in [0.717, 1.165) is 43.9 Å². The van der Waals surface area contributed by atoms with Crippen molar-refractivity contribution in [1.82, 2.24) is 25.2 Å². The lowest BCUT2D eigenvalue weighted by molar-refractivity contribution is -0.130. The Bertz CT molecular complexity index is 730. The van der Waals surface area contributed by atoms with Gasteiger partial charge in [0.05, 0.1) is 11.4 Å². The van der Waals surface area contributed by atoms with Gasteiger partial charge >= 0.3 is 6.03 Å². The molecule has 4 rings (SSSR count). The van der Waals surface area contributed by atoms with Gasteiger partial charge < -0.3 is 4.90 Å². The fourth-order valence-electron chi connectivity index (χ4n) is 3.91. The molecule has 1 N–H and O–H groups in total. The molecule has 3 aliphatic rings. The van der Waals surface area contributed by atoms with Crippen LogP contribution in [0.25, 0.3) is 0 Å². The first-order valence-corrected chi connectivity index (χ1v) is 9.44. The largest absolute Gasteiger partial charge is 0.326 e. The molecule has 3 amide bonds. The van der Waals surface area contributed by atoms with E-state index in [9.17, 15) is 9.59 Å². The zero-order valence-corrected chi connectivity index (χ0v) is 15.5. The minimum absolute atomic E-state index is 0.0876. The van der Waals surface area contributed by atoms with Gasteiger partial charge in [0.1, 0.15) is 6.10 Å². The molecule has 1 aromatic heterocycles. The van der Waals surface area contributed by atoms with Crippen LogP contribution in [0, 0.1) is 0 Å². The average Bonchev–Trinajstić information content (AvgIpc) is 3.16. The summed E-state index contributed by atoms with van der Waals surface area (Å²) in [4.78, 5) is 39.4. The van der Waals surface area contributed by atoms with E-state index in [1.165, 1.54) is 4.90 Å². The number of hydrogen-bond donors (Lipinski definition) is 1. The number of nitrogens with one attached hydrogen (secondary N) is 1. The minimum Gasteiger partial charge on any atom is -0.321 e. The number of amides is 3. The van der Waals surface area contributed by atoms with Crippen molar-refractivity contribution in [3.8, 4) is 0 Å². The van der Waals surface area contributed by atoms with E-state index in [2.05, 4.69) is 21.4 Å². The zero-order chi connectivity index (χ0) is 18.8. The molecule has 0 aromatic carbocycles. The van der Waals surface area contributed by atoms with Crippen molar-refractivity contribution in [2.24, 2.45) is 0 Å². The summed E-state index contributed by atoms with van der Waals surface area (Å²) in [5.41, 5.74) is 4.95. The van der Waals surface area contributed by atoms with Crippen LogP contribution in [0.1, 0.15) is 31.1 Å². The number of carbonyl (C=O) groups is 2. The fraction of sp³-hybridized carbons (Fsp3) is 0.526. The summed E-state index contributed by atoms with van der Waals surface area (Å²) in [6.07, 6.45) is 5.95. The standard InChI is InChI=1S/C19H25N5O3/c1-22-18(25)7-11-24(19(22)26)15-5-9-23(10-6-15)13-14-12-17(27-21-14)16-4-2-3-8-20-16/h2-4,8,12,15,17,21H,5-7,9-11,13H2,1H3. The van der Waals surface area contributed by atoms with Gasteiger partial charge in [0.15, 0.2) is 0 Å². The highest BCUT2D eigenvalue weighted by atomic mass is 16.7. The molecule has 4 heterocycles. The van der Waals surface area contributed by atoms with E-state index >= 15 is 0 Å². The highest BCUT2D eigenvalue weighted by molar-refractivity contribution is 5.96. The summed E-state index contributed by atoms with van der Waals surface area (Å²) in [5, 5.41) is 0. The van der Waals surface area contributed by atoms with Gasteiger partial charge in [0.2, 0.25) is 5.91 Å². The summed E-state index contributed by atoms with van der Waals surface area (Å²) in [6, 6.07) is 5.86. The van der Waals surface area contributed by atoms with Crippen LogP contribution in [-0.2, 0) is 9.63 Å². The van der Waals surface area contributed by atoms with Crippen molar-refractivity contribution >= 4 is 11.9 Å². The monoisotopic (exact) mass is 371 g/mol. The van der Waals surface area contributed by atoms with Gasteiger partial charge in [-0.3, -0.25) is 29.9 Å². The Hall–Kier alpha value is -2.45. The zero-order valence-electron chi connectivity index (χ0n) is 15.5. The number of piperidine rings is 1. The molecule has 0 spiro atoms. The van der Waals surface area contributed by atoms with Gasteiger partial charge in [0, 0.05) is 51.9 Å². The molecule has 0 saturated carbocycles. The third-order valence-electron chi connectivity index (χ3n) is 5.51. The molecule has 1 atom stereocenters. The molecular weight excluding hydrogens is 346 g/mol. The van der Waals surface area contributed by atoms with E-state index in [1.807, 2.05) is 23.1 Å². The van der Waals surface area contributed by atoms with Gasteiger partial charge in [-0.25, -0.2) is 4.79 Å². The summed E-state index contributed by atoms with van der Waals surface area (Å²) < 4.78 is 0. The highest BCUT2D eigenvalue weighted by Gasteiger charge is 2.35. The normalized spacial score (nSPS) is 24.9. The first kappa shape index (κ1) is 17.9. The Labute approximate surface area is 158 Å². The van der Waals surface area contributed by atoms with Crippen molar-refractivity contribution in [2.45, 2.75) is 31.4 Å². The van der Waals surface area contributed by atoms with Crippen molar-refractivity contribution < 1.29 is 14.4 Å². The number of imide groups is 1. The SMILES string of the molecule is CN1C(=O)CCN(C2CCN(CC3=CC(c4ccccn4)ON3)CC2)C1=O. The second-order valence-electron chi connectivity index (χ2n) is 7.27. The van der Waals surface area contributed by atoms with Crippen molar-refractivity contribution in [2.75, 3.05) is 33.2 Å². The smallest absolute Gasteiger partial charge is 0.321 e. The molecule has 2 saturated heterocycles. The number of pyridine rings is 1. The molecular formula is C19H25N5O3. The van der Waals surface area contributed by atoms with Crippen LogP contribution in [0.3, 0.4) is 0 Å². The van der Waals surface area contributed by atoms with Crippen LogP contribution in [0.4, 0.5) is 4.79 Å². The van der Waals surface area contributed by atoms with Crippen LogP contribution in [0.5, 0.6) is 0 Å². The lowest BCUT2D eigenvalue weighted by atomic mass is 10.0. The second-order valence-corrected chi connectivity index (χ2v) is 7.27. The predicted octanol–water partition coefficient (Wildman–Crippen LogP) is 1.29. The van der Waals surface area contributed by atoms with Gasteiger partial charge in [-0.05, 0) is 31.1 Å². The number of likely N-dealkylation sites (tertiary alicyclic amines) is 1. The first-order valence-electron chi connectivity index (χ1n) is 9.44. The van der Waals surface area contributed by atoms with Gasteiger partial charge in [-0.15, -0.1) is 0 Å². The van der Waals surface area contributed by atoms with Gasteiger partial charge in [-0.1, -0.05) is 6.07 Å². The molecule has 8 heteroatoms. The van der Waals surface area contributed by atoms with Crippen LogP contribution in [-0.4, -0.2) is 70.9 Å². The molecule has 0 bridgehead atoms.